The molecular formula is C22H19N3O2. The molecule has 0 radical (unpaired) electrons. The van der Waals surface area contributed by atoms with Crippen molar-refractivity contribution >= 4 is 17.2 Å². The minimum Gasteiger partial charge on any atom is -0.481 e. The van der Waals surface area contributed by atoms with Crippen LogP contribution >= 0.6 is 0 Å². The molecule has 0 aliphatic rings. The Kier molecular flexibility index (Phi) is 4.58. The molecule has 0 spiro atoms. The molecule has 2 aromatic carbocycles. The molecule has 2 heterocycles. The molecule has 5 heteroatoms. The van der Waals surface area contributed by atoms with E-state index < -0.39 is 6.10 Å². The normalized spacial score (nSPS) is 11.9. The quantitative estimate of drug-likeness (QED) is 0.576. The molecule has 0 saturated heterocycles. The van der Waals surface area contributed by atoms with Crippen LogP contribution in [0.4, 0.5) is 5.69 Å². The molecule has 1 atom stereocenters. The average Bonchev–Trinajstić information content (AvgIpc) is 3.13. The number of nitrogens with one attached hydrogen (secondary N) is 1. The minimum absolute atomic E-state index is 0.203. The summed E-state index contributed by atoms with van der Waals surface area (Å²) in [6, 6.07) is 22.8. The van der Waals surface area contributed by atoms with Crippen molar-refractivity contribution in [1.29, 1.82) is 0 Å². The topological polar surface area (TPSA) is 55.6 Å². The summed E-state index contributed by atoms with van der Waals surface area (Å²) < 4.78 is 7.64. The highest BCUT2D eigenvalue weighted by molar-refractivity contribution is 5.94. The summed E-state index contributed by atoms with van der Waals surface area (Å²) >= 11 is 0. The Hall–Kier alpha value is -3.60. The van der Waals surface area contributed by atoms with Crippen molar-refractivity contribution in [2.45, 2.75) is 13.0 Å². The number of anilines is 1. The van der Waals surface area contributed by atoms with E-state index in [0.29, 0.717) is 11.4 Å². The zero-order chi connectivity index (χ0) is 18.6. The molecule has 0 bridgehead atoms. The van der Waals surface area contributed by atoms with Crippen LogP contribution in [-0.2, 0) is 4.79 Å². The molecule has 5 nitrogen and oxygen atoms in total. The van der Waals surface area contributed by atoms with Crippen molar-refractivity contribution in [3.63, 3.8) is 0 Å². The maximum atomic E-state index is 12.4. The van der Waals surface area contributed by atoms with Crippen LogP contribution in [0.3, 0.4) is 0 Å². The van der Waals surface area contributed by atoms with Gasteiger partial charge in [-0.2, -0.15) is 0 Å². The van der Waals surface area contributed by atoms with Gasteiger partial charge in [0.15, 0.2) is 6.10 Å². The molecule has 0 aliphatic carbocycles. The third kappa shape index (κ3) is 3.82. The van der Waals surface area contributed by atoms with Crippen molar-refractivity contribution in [3.8, 4) is 17.0 Å². The molecule has 0 saturated carbocycles. The lowest BCUT2D eigenvalue weighted by atomic mass is 10.1. The summed E-state index contributed by atoms with van der Waals surface area (Å²) in [5.41, 5.74) is 3.38. The number of pyridine rings is 1. The lowest BCUT2D eigenvalue weighted by Gasteiger charge is -2.15. The number of fused-ring (bicyclic) bond motifs is 1. The van der Waals surface area contributed by atoms with Gasteiger partial charge in [0.2, 0.25) is 0 Å². The van der Waals surface area contributed by atoms with Gasteiger partial charge >= 0.3 is 0 Å². The number of hydrogen-bond acceptors (Lipinski definition) is 3. The predicted octanol–water partition coefficient (Wildman–Crippen LogP) is 4.41. The summed E-state index contributed by atoms with van der Waals surface area (Å²) in [5, 5.41) is 2.91. The predicted molar refractivity (Wildman–Crippen MR) is 106 cm³/mol. The molecule has 1 amide bonds. The van der Waals surface area contributed by atoms with Crippen LogP contribution in [0, 0.1) is 0 Å². The number of nitrogens with zero attached hydrogens (tertiary/aromatic N) is 2. The monoisotopic (exact) mass is 357 g/mol. The average molecular weight is 357 g/mol. The zero-order valence-electron chi connectivity index (χ0n) is 14.9. The SMILES string of the molecule is CC(Oc1ccccc1)C(=O)Nc1cccc(-c2cn3ccccc3n2)c1. The van der Waals surface area contributed by atoms with Crippen molar-refractivity contribution in [1.82, 2.24) is 9.38 Å². The molecule has 4 aromatic rings. The highest BCUT2D eigenvalue weighted by Gasteiger charge is 2.15. The molecule has 4 rings (SSSR count). The molecule has 0 fully saturated rings. The van der Waals surface area contributed by atoms with Gasteiger partial charge in [-0.25, -0.2) is 4.98 Å². The molecule has 134 valence electrons. The second kappa shape index (κ2) is 7.33. The fourth-order valence-electron chi connectivity index (χ4n) is 2.83. The summed E-state index contributed by atoms with van der Waals surface area (Å²) in [6.07, 6.45) is 3.32. The third-order valence-corrected chi connectivity index (χ3v) is 4.22. The van der Waals surface area contributed by atoms with Gasteiger partial charge < -0.3 is 14.5 Å². The first-order valence-corrected chi connectivity index (χ1v) is 8.76. The number of benzene rings is 2. The Morgan fingerprint density at radius 3 is 2.67 bits per heavy atom. The number of imidazole rings is 1. The van der Waals surface area contributed by atoms with E-state index in [1.807, 2.05) is 89.6 Å². The molecule has 1 unspecified atom stereocenters. The fourth-order valence-corrected chi connectivity index (χ4v) is 2.83. The van der Waals surface area contributed by atoms with Gasteiger partial charge in [-0.1, -0.05) is 36.4 Å². The summed E-state index contributed by atoms with van der Waals surface area (Å²) in [5.74, 6) is 0.463. The van der Waals surface area contributed by atoms with Crippen molar-refractivity contribution in [2.24, 2.45) is 0 Å². The van der Waals surface area contributed by atoms with Crippen molar-refractivity contribution in [2.75, 3.05) is 5.32 Å². The largest absolute Gasteiger partial charge is 0.481 e. The maximum absolute atomic E-state index is 12.4. The van der Waals surface area contributed by atoms with Gasteiger partial charge in [-0.3, -0.25) is 4.79 Å². The van der Waals surface area contributed by atoms with E-state index in [1.54, 1.807) is 6.92 Å². The minimum atomic E-state index is -0.605. The molecular weight excluding hydrogens is 338 g/mol. The number of para-hydroxylation sites is 1. The van der Waals surface area contributed by atoms with Gasteiger partial charge in [0.1, 0.15) is 11.4 Å². The van der Waals surface area contributed by atoms with E-state index in [9.17, 15) is 4.79 Å². The first-order valence-electron chi connectivity index (χ1n) is 8.76. The number of amides is 1. The Bertz CT molecular complexity index is 1040. The van der Waals surface area contributed by atoms with Gasteiger partial charge in [0.25, 0.3) is 5.91 Å². The van der Waals surface area contributed by atoms with E-state index in [-0.39, 0.29) is 5.91 Å². The first-order chi connectivity index (χ1) is 13.2. The van der Waals surface area contributed by atoms with Gasteiger partial charge in [-0.15, -0.1) is 0 Å². The lowest BCUT2D eigenvalue weighted by molar-refractivity contribution is -0.122. The summed E-state index contributed by atoms with van der Waals surface area (Å²) in [6.45, 7) is 1.73. The zero-order valence-corrected chi connectivity index (χ0v) is 14.9. The van der Waals surface area contributed by atoms with Crippen LogP contribution in [0.25, 0.3) is 16.9 Å². The highest BCUT2D eigenvalue weighted by atomic mass is 16.5. The Labute approximate surface area is 157 Å². The number of ether oxygens (including phenoxy) is 1. The lowest BCUT2D eigenvalue weighted by Crippen LogP contribution is -2.30. The Balaban J connectivity index is 1.49. The Morgan fingerprint density at radius 1 is 1.04 bits per heavy atom. The van der Waals surface area contributed by atoms with Crippen LogP contribution in [0.5, 0.6) is 5.75 Å². The Morgan fingerprint density at radius 2 is 1.85 bits per heavy atom. The van der Waals surface area contributed by atoms with E-state index in [4.69, 9.17) is 4.74 Å². The van der Waals surface area contributed by atoms with Crippen molar-refractivity contribution < 1.29 is 9.53 Å². The van der Waals surface area contributed by atoms with Crippen LogP contribution in [0.1, 0.15) is 6.92 Å². The third-order valence-electron chi connectivity index (χ3n) is 4.22. The van der Waals surface area contributed by atoms with Crippen molar-refractivity contribution in [3.05, 3.63) is 85.2 Å². The molecule has 0 aliphatic heterocycles. The van der Waals surface area contributed by atoms with Crippen LogP contribution in [-0.4, -0.2) is 21.4 Å². The smallest absolute Gasteiger partial charge is 0.265 e. The van der Waals surface area contributed by atoms with Gasteiger partial charge in [0.05, 0.1) is 5.69 Å². The number of carbonyl (C=O) groups excluding carboxylic acids is 1. The number of hydrogen-bond donors (Lipinski definition) is 1. The second-order valence-electron chi connectivity index (χ2n) is 6.24. The number of carbonyl (C=O) groups is 1. The second-order valence-corrected chi connectivity index (χ2v) is 6.24. The standard InChI is InChI=1S/C22H19N3O2/c1-16(27-19-10-3-2-4-11-19)22(26)23-18-9-7-8-17(14-18)20-15-25-13-6-5-12-21(25)24-20/h2-16H,1H3,(H,23,26). The van der Waals surface area contributed by atoms with Gasteiger partial charge in [-0.05, 0) is 43.3 Å². The summed E-state index contributed by atoms with van der Waals surface area (Å²) in [7, 11) is 0. The van der Waals surface area contributed by atoms with E-state index in [2.05, 4.69) is 10.3 Å². The van der Waals surface area contributed by atoms with Gasteiger partial charge in [0, 0.05) is 23.6 Å². The molecule has 2 aromatic heterocycles. The van der Waals surface area contributed by atoms with E-state index >= 15 is 0 Å². The number of aromatic nitrogens is 2. The summed E-state index contributed by atoms with van der Waals surface area (Å²) in [4.78, 5) is 17.1. The fraction of sp³-hybridized carbons (Fsp3) is 0.0909. The highest BCUT2D eigenvalue weighted by Crippen LogP contribution is 2.23. The molecule has 1 N–H and O–H groups in total. The molecule has 27 heavy (non-hydrogen) atoms. The van der Waals surface area contributed by atoms with Crippen LogP contribution in [0.2, 0.25) is 0 Å². The van der Waals surface area contributed by atoms with Crippen LogP contribution < -0.4 is 10.1 Å². The van der Waals surface area contributed by atoms with E-state index in [0.717, 1.165) is 16.9 Å². The van der Waals surface area contributed by atoms with Crippen LogP contribution in [0.15, 0.2) is 85.2 Å². The first kappa shape index (κ1) is 16.8. The number of rotatable bonds is 5. The van der Waals surface area contributed by atoms with E-state index in [1.165, 1.54) is 0 Å². The maximum Gasteiger partial charge on any atom is 0.265 e.